The van der Waals surface area contributed by atoms with Gasteiger partial charge in [0.1, 0.15) is 0 Å². The van der Waals surface area contributed by atoms with Crippen molar-refractivity contribution in [2.75, 3.05) is 18.9 Å². The van der Waals surface area contributed by atoms with Gasteiger partial charge in [0.25, 0.3) is 5.91 Å². The van der Waals surface area contributed by atoms with Crippen molar-refractivity contribution in [3.63, 3.8) is 0 Å². The molecular weight excluding hydrogens is 224 g/mol. The van der Waals surface area contributed by atoms with Crippen molar-refractivity contribution in [1.29, 1.82) is 0 Å². The van der Waals surface area contributed by atoms with Crippen LogP contribution in [0.4, 0.5) is 5.82 Å². The minimum Gasteiger partial charge on any atom is -0.381 e. The van der Waals surface area contributed by atoms with E-state index in [1.807, 2.05) is 6.92 Å². The molecule has 0 spiro atoms. The molecule has 1 aliphatic rings. The second-order valence-electron chi connectivity index (χ2n) is 4.21. The molecule has 0 radical (unpaired) electrons. The molecule has 2 heterocycles. The molecule has 0 aromatic carbocycles. The molecule has 1 unspecified atom stereocenters. The second kappa shape index (κ2) is 5.13. The van der Waals surface area contributed by atoms with E-state index in [1.165, 1.54) is 0 Å². The summed E-state index contributed by atoms with van der Waals surface area (Å²) in [5, 5.41) is 9.69. The predicted octanol–water partition coefficient (Wildman–Crippen LogP) is 0.197. The number of anilines is 1. The molecule has 0 saturated carbocycles. The monoisotopic (exact) mass is 240 g/mol. The number of hydrogen-bond acceptors (Lipinski definition) is 6. The summed E-state index contributed by atoms with van der Waals surface area (Å²) in [7, 11) is 0. The molecule has 1 aromatic heterocycles. The summed E-state index contributed by atoms with van der Waals surface area (Å²) in [6.07, 6.45) is 1.90. The molecule has 17 heavy (non-hydrogen) atoms. The third-order valence-corrected chi connectivity index (χ3v) is 3.06. The van der Waals surface area contributed by atoms with Crippen LogP contribution in [0.3, 0.4) is 0 Å². The average Bonchev–Trinajstić information content (AvgIpc) is 2.76. The molecule has 1 aliphatic heterocycles. The highest BCUT2D eigenvalue weighted by Gasteiger charge is 2.24. The van der Waals surface area contributed by atoms with Gasteiger partial charge in [0, 0.05) is 19.3 Å². The maximum absolute atomic E-state index is 11.8. The first-order valence-corrected chi connectivity index (χ1v) is 5.65. The topological polar surface area (TPSA) is 103 Å². The number of aromatic nitrogens is 2. The van der Waals surface area contributed by atoms with E-state index in [4.69, 9.17) is 10.5 Å². The molecule has 7 nitrogen and oxygen atoms in total. The maximum atomic E-state index is 11.8. The number of nitrogens with one attached hydrogen (secondary N) is 1. The largest absolute Gasteiger partial charge is 0.381 e. The van der Waals surface area contributed by atoms with Gasteiger partial charge in [-0.3, -0.25) is 4.79 Å². The SMILES string of the molecule is CC(NC(=O)c1nonc1N)C1CCOCC1. The molecule has 3 N–H and O–H groups in total. The number of nitrogens with zero attached hydrogens (tertiary/aromatic N) is 2. The van der Waals surface area contributed by atoms with Gasteiger partial charge in [0.15, 0.2) is 0 Å². The number of rotatable bonds is 3. The maximum Gasteiger partial charge on any atom is 0.277 e. The molecular formula is C10H16N4O3. The van der Waals surface area contributed by atoms with Gasteiger partial charge in [0.05, 0.1) is 0 Å². The minimum atomic E-state index is -0.345. The fourth-order valence-electron chi connectivity index (χ4n) is 1.96. The van der Waals surface area contributed by atoms with Crippen LogP contribution in [0.15, 0.2) is 4.63 Å². The second-order valence-corrected chi connectivity index (χ2v) is 4.21. The fraction of sp³-hybridized carbons (Fsp3) is 0.700. The Bertz CT molecular complexity index is 387. The zero-order valence-corrected chi connectivity index (χ0v) is 9.68. The van der Waals surface area contributed by atoms with Crippen LogP contribution in [0.2, 0.25) is 0 Å². The molecule has 1 aromatic rings. The summed E-state index contributed by atoms with van der Waals surface area (Å²) in [5.41, 5.74) is 5.49. The quantitative estimate of drug-likeness (QED) is 0.782. The lowest BCUT2D eigenvalue weighted by Gasteiger charge is -2.28. The van der Waals surface area contributed by atoms with Crippen LogP contribution in [-0.2, 0) is 4.74 Å². The minimum absolute atomic E-state index is 0.0154. The first kappa shape index (κ1) is 11.8. The third-order valence-electron chi connectivity index (χ3n) is 3.06. The Morgan fingerprint density at radius 2 is 2.18 bits per heavy atom. The van der Waals surface area contributed by atoms with Gasteiger partial charge in [-0.05, 0) is 36.0 Å². The highest BCUT2D eigenvalue weighted by atomic mass is 16.6. The van der Waals surface area contributed by atoms with E-state index in [0.29, 0.717) is 5.92 Å². The first-order chi connectivity index (χ1) is 8.18. The Balaban J connectivity index is 1.92. The van der Waals surface area contributed by atoms with Crippen LogP contribution in [-0.4, -0.2) is 35.5 Å². The standard InChI is InChI=1S/C10H16N4O3/c1-6(7-2-4-16-5-3-7)12-10(15)8-9(11)14-17-13-8/h6-7H,2-5H2,1H3,(H2,11,14)(H,12,15). The normalized spacial score (nSPS) is 18.9. The van der Waals surface area contributed by atoms with Crippen molar-refractivity contribution < 1.29 is 14.2 Å². The van der Waals surface area contributed by atoms with Crippen molar-refractivity contribution >= 4 is 11.7 Å². The summed E-state index contributed by atoms with van der Waals surface area (Å²) in [4.78, 5) is 11.8. The Kier molecular flexibility index (Phi) is 3.58. The molecule has 2 rings (SSSR count). The Hall–Kier alpha value is -1.63. The molecule has 1 fully saturated rings. The third kappa shape index (κ3) is 2.73. The van der Waals surface area contributed by atoms with Crippen LogP contribution in [0.1, 0.15) is 30.3 Å². The Morgan fingerprint density at radius 1 is 1.47 bits per heavy atom. The lowest BCUT2D eigenvalue weighted by atomic mass is 9.93. The van der Waals surface area contributed by atoms with Crippen LogP contribution >= 0.6 is 0 Å². The van der Waals surface area contributed by atoms with Crippen molar-refractivity contribution in [1.82, 2.24) is 15.6 Å². The number of carbonyl (C=O) groups excluding carboxylic acids is 1. The van der Waals surface area contributed by atoms with Gasteiger partial charge in [-0.25, -0.2) is 4.63 Å². The van der Waals surface area contributed by atoms with Gasteiger partial charge in [0.2, 0.25) is 11.5 Å². The molecule has 1 saturated heterocycles. The summed E-state index contributed by atoms with van der Waals surface area (Å²) in [6.45, 7) is 3.47. The van der Waals surface area contributed by atoms with Crippen molar-refractivity contribution in [3.05, 3.63) is 5.69 Å². The highest BCUT2D eigenvalue weighted by molar-refractivity contribution is 5.96. The Morgan fingerprint density at radius 3 is 2.76 bits per heavy atom. The van der Waals surface area contributed by atoms with Crippen molar-refractivity contribution in [2.24, 2.45) is 5.92 Å². The van der Waals surface area contributed by atoms with Gasteiger partial charge in [-0.15, -0.1) is 0 Å². The summed E-state index contributed by atoms with van der Waals surface area (Å²) < 4.78 is 9.66. The highest BCUT2D eigenvalue weighted by Crippen LogP contribution is 2.19. The summed E-state index contributed by atoms with van der Waals surface area (Å²) >= 11 is 0. The van der Waals surface area contributed by atoms with Gasteiger partial charge in [-0.1, -0.05) is 0 Å². The van der Waals surface area contributed by atoms with E-state index in [1.54, 1.807) is 0 Å². The summed E-state index contributed by atoms with van der Waals surface area (Å²) in [5.74, 6) is 0.0956. The molecule has 0 aliphatic carbocycles. The molecule has 94 valence electrons. The molecule has 1 amide bonds. The smallest absolute Gasteiger partial charge is 0.277 e. The Labute approximate surface area is 98.6 Å². The number of amides is 1. The van der Waals surface area contributed by atoms with E-state index < -0.39 is 0 Å². The van der Waals surface area contributed by atoms with E-state index in [2.05, 4.69) is 20.3 Å². The number of nitrogens with two attached hydrogens (primary N) is 1. The zero-order valence-electron chi connectivity index (χ0n) is 9.68. The van der Waals surface area contributed by atoms with Gasteiger partial charge < -0.3 is 15.8 Å². The number of nitrogen functional groups attached to an aromatic ring is 1. The molecule has 1 atom stereocenters. The van der Waals surface area contributed by atoms with Crippen molar-refractivity contribution in [2.45, 2.75) is 25.8 Å². The lowest BCUT2D eigenvalue weighted by molar-refractivity contribution is 0.0537. The molecule has 7 heteroatoms. The van der Waals surface area contributed by atoms with E-state index >= 15 is 0 Å². The number of ether oxygens (including phenoxy) is 1. The van der Waals surface area contributed by atoms with Crippen LogP contribution < -0.4 is 11.1 Å². The van der Waals surface area contributed by atoms with Gasteiger partial charge in [-0.2, -0.15) is 0 Å². The van der Waals surface area contributed by atoms with Crippen molar-refractivity contribution in [3.8, 4) is 0 Å². The zero-order chi connectivity index (χ0) is 12.3. The number of hydrogen-bond donors (Lipinski definition) is 2. The molecule has 0 bridgehead atoms. The van der Waals surface area contributed by atoms with Crippen LogP contribution in [0.5, 0.6) is 0 Å². The lowest BCUT2D eigenvalue weighted by Crippen LogP contribution is -2.40. The first-order valence-electron chi connectivity index (χ1n) is 5.65. The summed E-state index contributed by atoms with van der Waals surface area (Å²) in [6, 6.07) is 0.0579. The van der Waals surface area contributed by atoms with E-state index in [0.717, 1.165) is 26.1 Å². The van der Waals surface area contributed by atoms with Crippen LogP contribution in [0.25, 0.3) is 0 Å². The van der Waals surface area contributed by atoms with E-state index in [-0.39, 0.29) is 23.5 Å². The average molecular weight is 240 g/mol. The predicted molar refractivity (Wildman–Crippen MR) is 59.2 cm³/mol. The van der Waals surface area contributed by atoms with Crippen LogP contribution in [0, 0.1) is 5.92 Å². The van der Waals surface area contributed by atoms with Gasteiger partial charge >= 0.3 is 0 Å². The fourth-order valence-corrected chi connectivity index (χ4v) is 1.96. The van der Waals surface area contributed by atoms with E-state index in [9.17, 15) is 4.79 Å². The number of carbonyl (C=O) groups is 1.